The zero-order valence-corrected chi connectivity index (χ0v) is 11.7. The van der Waals surface area contributed by atoms with E-state index >= 15 is 0 Å². The molecule has 0 bridgehead atoms. The summed E-state index contributed by atoms with van der Waals surface area (Å²) < 4.78 is 0. The Morgan fingerprint density at radius 3 is 1.00 bits per heavy atom. The molecule has 0 aromatic carbocycles. The molecule has 0 aliphatic carbocycles. The van der Waals surface area contributed by atoms with Crippen LogP contribution in [0.25, 0.3) is 0 Å². The summed E-state index contributed by atoms with van der Waals surface area (Å²) >= 11 is 0. The van der Waals surface area contributed by atoms with Gasteiger partial charge in [0.15, 0.2) is 0 Å². The summed E-state index contributed by atoms with van der Waals surface area (Å²) in [6.45, 7) is 0. The first-order valence-corrected chi connectivity index (χ1v) is 0. The third-order valence-electron chi connectivity index (χ3n) is 0. The fraction of sp³-hybridized carbons (Fsp3) is 0. The summed E-state index contributed by atoms with van der Waals surface area (Å²) in [5, 5.41) is 0. The molecule has 0 rings (SSSR count). The summed E-state index contributed by atoms with van der Waals surface area (Å²) in [5.41, 5.74) is 0. The fourth-order valence-corrected chi connectivity index (χ4v) is 0. The van der Waals surface area contributed by atoms with E-state index in [2.05, 4.69) is 0 Å². The minimum atomic E-state index is 0. The topological polar surface area (TPSA) is 28.5 Å². The Bertz CT molecular complexity index is 8.00. The maximum absolute atomic E-state index is 0. The molecule has 1 nitrogen and oxygen atoms in total. The molecule has 0 N–H and O–H groups in total. The van der Waals surface area contributed by atoms with E-state index in [1.54, 1.807) is 0 Å². The smallest absolute Gasteiger partial charge is 2.00 e. The van der Waals surface area contributed by atoms with E-state index in [1.165, 1.54) is 0 Å². The second-order valence-electron chi connectivity index (χ2n) is 0. The number of hydrogen-bond donors (Lipinski definition) is 0. The molecule has 8 valence electrons. The van der Waals surface area contributed by atoms with Crippen molar-refractivity contribution in [2.75, 3.05) is 0 Å². The molecule has 0 aromatic rings. The molecule has 0 radical (unpaired) electrons. The van der Waals surface area contributed by atoms with Crippen LogP contribution < -0.4 is 0 Å². The summed E-state index contributed by atoms with van der Waals surface area (Å²) in [5.74, 6) is 0. The average Bonchev–Trinajstić information content (AvgIpc) is 0. The maximum Gasteiger partial charge on any atom is 5.00 e. The Morgan fingerprint density at radius 2 is 1.00 bits per heavy atom. The van der Waals surface area contributed by atoms with E-state index in [9.17, 15) is 0 Å². The largest absolute Gasteiger partial charge is 5.00 e. The van der Waals surface area contributed by atoms with Crippen molar-refractivity contribution in [3.8, 4) is 0 Å². The standard InChI is InChI=1S/La.O.Ta.Y/q+3;-2;+5;+3. The molecule has 0 amide bonds. The predicted molar refractivity (Wildman–Crippen MR) is 0.686 cm³/mol. The molecule has 0 saturated heterocycles. The van der Waals surface area contributed by atoms with Crippen LogP contribution in [0.2, 0.25) is 0 Å². The normalized spacial score (nSPS) is 0. The third-order valence-corrected chi connectivity index (χ3v) is 0. The van der Waals surface area contributed by atoms with Gasteiger partial charge in [-0.2, -0.15) is 0 Å². The molecule has 4 heteroatoms. The van der Waals surface area contributed by atoms with Crippen LogP contribution in [-0.4, -0.2) is 0 Å². The van der Waals surface area contributed by atoms with E-state index in [0.29, 0.717) is 0 Å². The van der Waals surface area contributed by atoms with Gasteiger partial charge in [-0.3, -0.25) is 0 Å². The number of rotatable bonds is 0. The van der Waals surface area contributed by atoms with Gasteiger partial charge in [0.25, 0.3) is 0 Å². The van der Waals surface area contributed by atoms with E-state index in [-0.39, 0.29) is 96.2 Å². The summed E-state index contributed by atoms with van der Waals surface area (Å²) in [4.78, 5) is 0. The second kappa shape index (κ2) is 16.7. The molecule has 0 spiro atoms. The molecule has 4 heavy (non-hydrogen) atoms. The van der Waals surface area contributed by atoms with Crippen LogP contribution in [0.15, 0.2) is 0 Å². The van der Waals surface area contributed by atoms with Crippen LogP contribution >= 0.6 is 0 Å². The van der Waals surface area contributed by atoms with Crippen LogP contribution in [0.3, 0.4) is 0 Å². The van der Waals surface area contributed by atoms with Crippen LogP contribution in [-0.2, 0) is 60.6 Å². The van der Waals surface area contributed by atoms with Crippen molar-refractivity contribution in [3.05, 3.63) is 0 Å². The van der Waals surface area contributed by atoms with E-state index in [0.717, 1.165) is 0 Å². The first-order chi connectivity index (χ1) is 0. The van der Waals surface area contributed by atoms with Crippen molar-refractivity contribution in [1.29, 1.82) is 0 Å². The summed E-state index contributed by atoms with van der Waals surface area (Å²) in [7, 11) is 0. The Hall–Kier alpha value is 3.00. The molecule has 0 saturated carbocycles. The molecule has 0 heterocycles. The molecular formula is LaOTaY+9. The van der Waals surface area contributed by atoms with Crippen LogP contribution in [0, 0.1) is 35.6 Å². The number of hydrogen-bond acceptors (Lipinski definition) is 0. The molecule has 0 aliphatic heterocycles. The van der Waals surface area contributed by atoms with Gasteiger partial charge in [0.1, 0.15) is 0 Å². The zero-order valence-electron chi connectivity index (χ0n) is 2.01. The predicted octanol–water partition coefficient (Wildman–Crippen LogP) is -0.124. The van der Waals surface area contributed by atoms with Crippen molar-refractivity contribution < 1.29 is 96.2 Å². The third kappa shape index (κ3) is 8.89. The van der Waals surface area contributed by atoms with E-state index in [1.807, 2.05) is 0 Å². The molecule has 0 aromatic heterocycles. The van der Waals surface area contributed by atoms with Gasteiger partial charge in [-0.15, -0.1) is 0 Å². The van der Waals surface area contributed by atoms with E-state index < -0.39 is 0 Å². The van der Waals surface area contributed by atoms with Crippen molar-refractivity contribution in [2.45, 2.75) is 0 Å². The second-order valence-corrected chi connectivity index (χ2v) is 0. The monoisotopic (exact) mass is 425 g/mol. The van der Waals surface area contributed by atoms with Gasteiger partial charge in [-0.05, 0) is 0 Å². The van der Waals surface area contributed by atoms with Gasteiger partial charge >= 0.3 is 90.7 Å². The van der Waals surface area contributed by atoms with Crippen LogP contribution in [0.5, 0.6) is 0 Å². The Kier molecular flexibility index (Phi) is 117. The van der Waals surface area contributed by atoms with Crippen molar-refractivity contribution in [3.63, 3.8) is 0 Å². The van der Waals surface area contributed by atoms with Crippen LogP contribution in [0.1, 0.15) is 0 Å². The quantitative estimate of drug-likeness (QED) is 0.519. The van der Waals surface area contributed by atoms with Gasteiger partial charge in [-0.1, -0.05) is 0 Å². The summed E-state index contributed by atoms with van der Waals surface area (Å²) in [6, 6.07) is 0. The van der Waals surface area contributed by atoms with Crippen molar-refractivity contribution in [2.24, 2.45) is 0 Å². The zero-order chi connectivity index (χ0) is 0. The van der Waals surface area contributed by atoms with Gasteiger partial charge in [0, 0.05) is 0 Å². The first-order valence-electron chi connectivity index (χ1n) is 0. The fourth-order valence-electron chi connectivity index (χ4n) is 0. The Balaban J connectivity index is 0. The minimum absolute atomic E-state index is 0. The van der Waals surface area contributed by atoms with Crippen molar-refractivity contribution in [1.82, 2.24) is 0 Å². The molecule has 0 aliphatic rings. The molecule has 0 fully saturated rings. The molecule has 0 atom stereocenters. The van der Waals surface area contributed by atoms with Gasteiger partial charge in [0.05, 0.1) is 0 Å². The maximum atomic E-state index is 0. The minimum Gasteiger partial charge on any atom is -2.00 e. The SMILES string of the molecule is [La+3].[O-2].[Ta+5].[Y+3]. The Morgan fingerprint density at radius 1 is 1.00 bits per heavy atom. The average molecular weight is 425 g/mol. The van der Waals surface area contributed by atoms with Gasteiger partial charge < -0.3 is 5.48 Å². The summed E-state index contributed by atoms with van der Waals surface area (Å²) in [6.07, 6.45) is 0. The first kappa shape index (κ1) is 28.0. The van der Waals surface area contributed by atoms with Gasteiger partial charge in [-0.25, -0.2) is 0 Å². The van der Waals surface area contributed by atoms with Crippen LogP contribution in [0.4, 0.5) is 0 Å². The molecular weight excluding hydrogens is 425 g/mol. The molecule has 0 unspecified atom stereocenters. The Labute approximate surface area is 94.0 Å². The van der Waals surface area contributed by atoms with Gasteiger partial charge in [0.2, 0.25) is 0 Å². The van der Waals surface area contributed by atoms with E-state index in [4.69, 9.17) is 0 Å². The van der Waals surface area contributed by atoms with Crippen molar-refractivity contribution >= 4 is 0 Å².